The summed E-state index contributed by atoms with van der Waals surface area (Å²) in [6, 6.07) is 12.7. The van der Waals surface area contributed by atoms with Crippen LogP contribution in [0.25, 0.3) is 0 Å². The molecular formula is C19H20O5S. The summed E-state index contributed by atoms with van der Waals surface area (Å²) in [6.45, 7) is 3.51. The van der Waals surface area contributed by atoms with Gasteiger partial charge in [0.25, 0.3) is 0 Å². The van der Waals surface area contributed by atoms with E-state index in [4.69, 9.17) is 4.74 Å². The minimum Gasteiger partial charge on any atom is -0.451 e. The Bertz CT molecular complexity index is 882. The van der Waals surface area contributed by atoms with Crippen molar-refractivity contribution in [1.29, 1.82) is 0 Å². The molecule has 2 aromatic carbocycles. The van der Waals surface area contributed by atoms with Gasteiger partial charge in [-0.3, -0.25) is 4.79 Å². The van der Waals surface area contributed by atoms with Crippen molar-refractivity contribution in [3.05, 3.63) is 65.2 Å². The summed E-state index contributed by atoms with van der Waals surface area (Å²) < 4.78 is 28.3. The summed E-state index contributed by atoms with van der Waals surface area (Å²) in [7, 11) is -3.43. The molecule has 0 spiro atoms. The second-order valence-corrected chi connectivity index (χ2v) is 7.78. The molecule has 0 fully saturated rings. The van der Waals surface area contributed by atoms with Crippen LogP contribution in [0.2, 0.25) is 0 Å². The van der Waals surface area contributed by atoms with Gasteiger partial charge in [0.1, 0.15) is 0 Å². The van der Waals surface area contributed by atoms with Crippen molar-refractivity contribution < 1.29 is 22.7 Å². The van der Waals surface area contributed by atoms with Crippen molar-refractivity contribution in [2.75, 3.05) is 6.26 Å². The average Bonchev–Trinajstić information content (AvgIpc) is 2.60. The molecule has 0 aliphatic carbocycles. The van der Waals surface area contributed by atoms with Crippen molar-refractivity contribution in [2.45, 2.75) is 31.3 Å². The lowest BCUT2D eigenvalue weighted by Gasteiger charge is -2.13. The molecule has 132 valence electrons. The van der Waals surface area contributed by atoms with Crippen molar-refractivity contribution in [1.82, 2.24) is 0 Å². The Balaban J connectivity index is 2.12. The molecule has 0 N–H and O–H groups in total. The maximum Gasteiger partial charge on any atom is 0.338 e. The lowest BCUT2D eigenvalue weighted by atomic mass is 10.0. The van der Waals surface area contributed by atoms with Gasteiger partial charge in [-0.25, -0.2) is 13.2 Å². The third kappa shape index (κ3) is 4.76. The number of benzene rings is 2. The van der Waals surface area contributed by atoms with Gasteiger partial charge in [0.2, 0.25) is 5.78 Å². The van der Waals surface area contributed by atoms with Gasteiger partial charge in [0, 0.05) is 11.8 Å². The zero-order chi connectivity index (χ0) is 18.6. The van der Waals surface area contributed by atoms with E-state index in [1.54, 1.807) is 12.1 Å². The first kappa shape index (κ1) is 18.9. The Kier molecular flexibility index (Phi) is 5.74. The number of ketones is 1. The summed E-state index contributed by atoms with van der Waals surface area (Å²) in [6.07, 6.45) is 0.959. The number of carbonyl (C=O) groups excluding carboxylic acids is 2. The van der Waals surface area contributed by atoms with Crippen LogP contribution in [0, 0.1) is 0 Å². The Morgan fingerprint density at radius 2 is 1.68 bits per heavy atom. The molecule has 0 amide bonds. The number of hydrogen-bond donors (Lipinski definition) is 0. The minimum absolute atomic E-state index is 0.0242. The minimum atomic E-state index is -3.43. The highest BCUT2D eigenvalue weighted by atomic mass is 32.2. The highest BCUT2D eigenvalue weighted by Gasteiger charge is 2.21. The van der Waals surface area contributed by atoms with Gasteiger partial charge in [0.05, 0.1) is 10.5 Å². The van der Waals surface area contributed by atoms with E-state index in [2.05, 4.69) is 0 Å². The first-order chi connectivity index (χ1) is 11.7. The SMILES string of the molecule is CCc1ccc(C(=O)C(C)OC(=O)c2cccc(S(C)(=O)=O)c2)cc1. The van der Waals surface area contributed by atoms with E-state index in [-0.39, 0.29) is 16.2 Å². The summed E-state index contributed by atoms with van der Waals surface area (Å²) in [5.41, 5.74) is 1.66. The van der Waals surface area contributed by atoms with Crippen molar-refractivity contribution in [2.24, 2.45) is 0 Å². The quantitative estimate of drug-likeness (QED) is 0.584. The number of esters is 1. The van der Waals surface area contributed by atoms with E-state index in [1.165, 1.54) is 31.2 Å². The normalized spacial score (nSPS) is 12.4. The molecule has 25 heavy (non-hydrogen) atoms. The second kappa shape index (κ2) is 7.61. The Morgan fingerprint density at radius 3 is 2.24 bits per heavy atom. The number of ether oxygens (including phenoxy) is 1. The zero-order valence-corrected chi connectivity index (χ0v) is 15.2. The molecule has 0 saturated heterocycles. The number of Topliss-reactive ketones (excluding diaryl/α,β-unsaturated/α-hetero) is 1. The number of carbonyl (C=O) groups is 2. The molecule has 2 aromatic rings. The lowest BCUT2D eigenvalue weighted by molar-refractivity contribution is 0.0318. The average molecular weight is 360 g/mol. The van der Waals surface area contributed by atoms with Gasteiger partial charge in [0.15, 0.2) is 15.9 Å². The van der Waals surface area contributed by atoms with Gasteiger partial charge in [-0.1, -0.05) is 37.3 Å². The van der Waals surface area contributed by atoms with Crippen molar-refractivity contribution in [3.8, 4) is 0 Å². The maximum atomic E-state index is 12.4. The predicted octanol–water partition coefficient (Wildman–Crippen LogP) is 3.08. The number of sulfone groups is 1. The van der Waals surface area contributed by atoms with Crippen LogP contribution in [-0.2, 0) is 21.0 Å². The third-order valence-electron chi connectivity index (χ3n) is 3.80. The summed E-state index contributed by atoms with van der Waals surface area (Å²) in [5.74, 6) is -1.05. The number of hydrogen-bond acceptors (Lipinski definition) is 5. The molecule has 0 bridgehead atoms. The molecule has 2 rings (SSSR count). The van der Waals surface area contributed by atoms with E-state index >= 15 is 0 Å². The maximum absolute atomic E-state index is 12.4. The second-order valence-electron chi connectivity index (χ2n) is 5.76. The van der Waals surface area contributed by atoms with Gasteiger partial charge in [-0.2, -0.15) is 0 Å². The molecule has 5 nitrogen and oxygen atoms in total. The number of rotatable bonds is 6. The highest BCUT2D eigenvalue weighted by molar-refractivity contribution is 7.90. The fourth-order valence-corrected chi connectivity index (χ4v) is 2.94. The van der Waals surface area contributed by atoms with E-state index in [0.717, 1.165) is 18.2 Å². The Morgan fingerprint density at radius 1 is 1.04 bits per heavy atom. The number of aryl methyl sites for hydroxylation is 1. The van der Waals surface area contributed by atoms with Crippen LogP contribution >= 0.6 is 0 Å². The third-order valence-corrected chi connectivity index (χ3v) is 4.91. The molecule has 1 unspecified atom stereocenters. The fraction of sp³-hybridized carbons (Fsp3) is 0.263. The summed E-state index contributed by atoms with van der Waals surface area (Å²) in [4.78, 5) is 24.6. The van der Waals surface area contributed by atoms with Gasteiger partial charge in [-0.05, 0) is 37.1 Å². The topological polar surface area (TPSA) is 77.5 Å². The van der Waals surface area contributed by atoms with Crippen LogP contribution in [0.5, 0.6) is 0 Å². The van der Waals surface area contributed by atoms with Crippen molar-refractivity contribution in [3.63, 3.8) is 0 Å². The van der Waals surface area contributed by atoms with Crippen LogP contribution < -0.4 is 0 Å². The van der Waals surface area contributed by atoms with E-state index in [1.807, 2.05) is 19.1 Å². The van der Waals surface area contributed by atoms with Crippen LogP contribution in [0.1, 0.15) is 40.1 Å². The smallest absolute Gasteiger partial charge is 0.338 e. The molecular weight excluding hydrogens is 340 g/mol. The van der Waals surface area contributed by atoms with E-state index < -0.39 is 21.9 Å². The summed E-state index contributed by atoms with van der Waals surface area (Å²) in [5, 5.41) is 0. The Hall–Kier alpha value is -2.47. The predicted molar refractivity (Wildman–Crippen MR) is 94.6 cm³/mol. The largest absolute Gasteiger partial charge is 0.451 e. The molecule has 0 aliphatic rings. The molecule has 0 aliphatic heterocycles. The van der Waals surface area contributed by atoms with Crippen LogP contribution in [0.3, 0.4) is 0 Å². The first-order valence-electron chi connectivity index (χ1n) is 7.86. The molecule has 1 atom stereocenters. The van der Waals surface area contributed by atoms with Gasteiger partial charge < -0.3 is 4.74 Å². The first-order valence-corrected chi connectivity index (χ1v) is 9.75. The van der Waals surface area contributed by atoms with Crippen molar-refractivity contribution >= 4 is 21.6 Å². The molecule has 0 heterocycles. The molecule has 0 aromatic heterocycles. The molecule has 6 heteroatoms. The Labute approximate surface area is 147 Å². The fourth-order valence-electron chi connectivity index (χ4n) is 2.28. The van der Waals surface area contributed by atoms with Gasteiger partial charge in [-0.15, -0.1) is 0 Å². The highest BCUT2D eigenvalue weighted by Crippen LogP contribution is 2.15. The van der Waals surface area contributed by atoms with E-state index in [0.29, 0.717) is 5.56 Å². The lowest BCUT2D eigenvalue weighted by Crippen LogP contribution is -2.24. The van der Waals surface area contributed by atoms with E-state index in [9.17, 15) is 18.0 Å². The standard InChI is InChI=1S/C19H20O5S/c1-4-14-8-10-15(11-9-14)18(20)13(2)24-19(21)16-6-5-7-17(12-16)25(3,22)23/h5-13H,4H2,1-3H3. The van der Waals surface area contributed by atoms with Crippen LogP contribution in [0.15, 0.2) is 53.4 Å². The molecule has 0 saturated carbocycles. The van der Waals surface area contributed by atoms with Crippen LogP contribution in [-0.4, -0.2) is 32.5 Å². The molecule has 0 radical (unpaired) electrons. The zero-order valence-electron chi connectivity index (χ0n) is 14.4. The summed E-state index contributed by atoms with van der Waals surface area (Å²) >= 11 is 0. The van der Waals surface area contributed by atoms with Crippen LogP contribution in [0.4, 0.5) is 0 Å². The van der Waals surface area contributed by atoms with Gasteiger partial charge >= 0.3 is 5.97 Å². The monoisotopic (exact) mass is 360 g/mol.